The zero-order valence-electron chi connectivity index (χ0n) is 7.92. The summed E-state index contributed by atoms with van der Waals surface area (Å²) in [5, 5.41) is 17.5. The topological polar surface area (TPSA) is 57.5 Å². The minimum Gasteiger partial charge on any atom is -0.479 e. The predicted molar refractivity (Wildman–Crippen MR) is 51.7 cm³/mol. The zero-order chi connectivity index (χ0) is 13.4. The van der Waals surface area contributed by atoms with Gasteiger partial charge in [-0.05, 0) is 28.1 Å². The van der Waals surface area contributed by atoms with Crippen LogP contribution in [0, 0.1) is 5.82 Å². The molecule has 1 unspecified atom stereocenters. The third-order valence-electron chi connectivity index (χ3n) is 1.91. The molecule has 0 aromatic heterocycles. The van der Waals surface area contributed by atoms with Gasteiger partial charge in [-0.2, -0.15) is 13.2 Å². The van der Waals surface area contributed by atoms with Gasteiger partial charge in [0.1, 0.15) is 5.82 Å². The molecule has 1 aromatic rings. The molecule has 1 atom stereocenters. The molecule has 1 rings (SSSR count). The Morgan fingerprint density at radius 1 is 1.35 bits per heavy atom. The Kier molecular flexibility index (Phi) is 3.78. The van der Waals surface area contributed by atoms with Gasteiger partial charge < -0.3 is 10.2 Å². The van der Waals surface area contributed by atoms with E-state index in [1.807, 2.05) is 0 Å². The second-order valence-electron chi connectivity index (χ2n) is 3.10. The number of hydrogen-bond acceptors (Lipinski definition) is 2. The van der Waals surface area contributed by atoms with Gasteiger partial charge in [-0.25, -0.2) is 9.18 Å². The summed E-state index contributed by atoms with van der Waals surface area (Å²) in [5.41, 5.74) is -2.19. The van der Waals surface area contributed by atoms with Gasteiger partial charge in [0.15, 0.2) is 6.10 Å². The second kappa shape index (κ2) is 4.61. The number of carboxylic acid groups (broad SMARTS) is 1. The van der Waals surface area contributed by atoms with Crippen LogP contribution in [0.3, 0.4) is 0 Å². The van der Waals surface area contributed by atoms with Crippen molar-refractivity contribution in [2.75, 3.05) is 0 Å². The van der Waals surface area contributed by atoms with Gasteiger partial charge in [0.25, 0.3) is 0 Å². The number of carbonyl (C=O) groups is 1. The van der Waals surface area contributed by atoms with Crippen molar-refractivity contribution < 1.29 is 32.6 Å². The molecule has 0 aliphatic carbocycles. The average Bonchev–Trinajstić information content (AvgIpc) is 2.19. The van der Waals surface area contributed by atoms with Crippen LogP contribution in [0.25, 0.3) is 0 Å². The maximum Gasteiger partial charge on any atom is 0.416 e. The molecule has 8 heteroatoms. The van der Waals surface area contributed by atoms with Gasteiger partial charge >= 0.3 is 12.1 Å². The predicted octanol–water partition coefficient (Wildman–Crippen LogP) is 2.72. The molecule has 94 valence electrons. The highest BCUT2D eigenvalue weighted by Crippen LogP contribution is 2.35. The molecule has 1 aromatic carbocycles. The minimum atomic E-state index is -4.76. The van der Waals surface area contributed by atoms with Crippen LogP contribution in [0.1, 0.15) is 17.2 Å². The summed E-state index contributed by atoms with van der Waals surface area (Å²) in [4.78, 5) is 10.4. The lowest BCUT2D eigenvalue weighted by Crippen LogP contribution is -2.15. The first-order valence-corrected chi connectivity index (χ1v) is 4.91. The van der Waals surface area contributed by atoms with Crippen molar-refractivity contribution in [1.82, 2.24) is 0 Å². The van der Waals surface area contributed by atoms with E-state index in [0.717, 1.165) is 0 Å². The SMILES string of the molecule is O=C(O)C(O)c1cc(C(F)(F)F)cc(Br)c1F. The van der Waals surface area contributed by atoms with Crippen molar-refractivity contribution in [3.63, 3.8) is 0 Å². The number of carboxylic acids is 1. The van der Waals surface area contributed by atoms with E-state index in [4.69, 9.17) is 10.2 Å². The van der Waals surface area contributed by atoms with Crippen molar-refractivity contribution in [1.29, 1.82) is 0 Å². The highest BCUT2D eigenvalue weighted by atomic mass is 79.9. The summed E-state index contributed by atoms with van der Waals surface area (Å²) in [7, 11) is 0. The number of aliphatic hydroxyl groups is 1. The largest absolute Gasteiger partial charge is 0.479 e. The van der Waals surface area contributed by atoms with Crippen molar-refractivity contribution in [3.05, 3.63) is 33.5 Å². The van der Waals surface area contributed by atoms with E-state index in [1.165, 1.54) is 0 Å². The lowest BCUT2D eigenvalue weighted by molar-refractivity contribution is -0.147. The molecule has 17 heavy (non-hydrogen) atoms. The molecular formula is C9H5BrF4O3. The number of hydrogen-bond donors (Lipinski definition) is 2. The smallest absolute Gasteiger partial charge is 0.416 e. The molecule has 3 nitrogen and oxygen atoms in total. The molecule has 2 N–H and O–H groups in total. The van der Waals surface area contributed by atoms with E-state index in [0.29, 0.717) is 6.07 Å². The molecule has 0 spiro atoms. The number of rotatable bonds is 2. The maximum atomic E-state index is 13.3. The Balaban J connectivity index is 3.40. The van der Waals surface area contributed by atoms with E-state index in [-0.39, 0.29) is 6.07 Å². The summed E-state index contributed by atoms with van der Waals surface area (Å²) in [6.45, 7) is 0. The number of aliphatic carboxylic acids is 1. The first kappa shape index (κ1) is 13.9. The van der Waals surface area contributed by atoms with Crippen LogP contribution in [-0.4, -0.2) is 16.2 Å². The first-order valence-electron chi connectivity index (χ1n) is 4.11. The summed E-state index contributed by atoms with van der Waals surface area (Å²) in [5.74, 6) is -3.08. The van der Waals surface area contributed by atoms with Crippen molar-refractivity contribution in [2.45, 2.75) is 12.3 Å². The highest BCUT2D eigenvalue weighted by molar-refractivity contribution is 9.10. The fourth-order valence-corrected chi connectivity index (χ4v) is 1.58. The molecule has 0 amide bonds. The third kappa shape index (κ3) is 2.95. The zero-order valence-corrected chi connectivity index (χ0v) is 9.51. The molecule has 0 aliphatic rings. The maximum absolute atomic E-state index is 13.3. The van der Waals surface area contributed by atoms with E-state index in [9.17, 15) is 22.4 Å². The second-order valence-corrected chi connectivity index (χ2v) is 3.95. The summed E-state index contributed by atoms with van der Waals surface area (Å²) in [6.07, 6.45) is -7.11. The molecule has 0 radical (unpaired) electrons. The molecule has 0 saturated heterocycles. The number of halogens is 5. The third-order valence-corrected chi connectivity index (χ3v) is 2.49. The Bertz CT molecular complexity index is 458. The first-order chi connectivity index (χ1) is 7.64. The van der Waals surface area contributed by atoms with Crippen molar-refractivity contribution in [2.24, 2.45) is 0 Å². The Labute approximate surface area is 101 Å². The monoisotopic (exact) mass is 316 g/mol. The Morgan fingerprint density at radius 2 is 1.88 bits per heavy atom. The molecule has 0 bridgehead atoms. The van der Waals surface area contributed by atoms with Crippen LogP contribution in [0.5, 0.6) is 0 Å². The van der Waals surface area contributed by atoms with Crippen LogP contribution in [0.15, 0.2) is 16.6 Å². The van der Waals surface area contributed by atoms with Gasteiger partial charge in [-0.15, -0.1) is 0 Å². The standard InChI is InChI=1S/C9H5BrF4O3/c10-5-2-3(9(12,13)14)1-4(6(5)11)7(15)8(16)17/h1-2,7,15H,(H,16,17). The van der Waals surface area contributed by atoms with Crippen LogP contribution >= 0.6 is 15.9 Å². The fraction of sp³-hybridized carbons (Fsp3) is 0.222. The summed E-state index contributed by atoms with van der Waals surface area (Å²) < 4.78 is 49.9. The van der Waals surface area contributed by atoms with E-state index >= 15 is 0 Å². The van der Waals surface area contributed by atoms with Crippen molar-refractivity contribution in [3.8, 4) is 0 Å². The van der Waals surface area contributed by atoms with Crippen LogP contribution in [0.2, 0.25) is 0 Å². The van der Waals surface area contributed by atoms with Gasteiger partial charge in [0.2, 0.25) is 0 Å². The Morgan fingerprint density at radius 3 is 2.29 bits per heavy atom. The summed E-state index contributed by atoms with van der Waals surface area (Å²) >= 11 is 2.53. The van der Waals surface area contributed by atoms with Gasteiger partial charge in [-0.1, -0.05) is 0 Å². The lowest BCUT2D eigenvalue weighted by Gasteiger charge is -2.13. The minimum absolute atomic E-state index is 0.263. The Hall–Kier alpha value is -1.15. The van der Waals surface area contributed by atoms with Gasteiger partial charge in [0, 0.05) is 5.56 Å². The van der Waals surface area contributed by atoms with Crippen LogP contribution in [-0.2, 0) is 11.0 Å². The number of alkyl halides is 3. The molecule has 0 heterocycles. The van der Waals surface area contributed by atoms with Gasteiger partial charge in [-0.3, -0.25) is 0 Å². The number of aliphatic hydroxyl groups excluding tert-OH is 1. The summed E-state index contributed by atoms with van der Waals surface area (Å²) in [6, 6.07) is 0.728. The van der Waals surface area contributed by atoms with Crippen LogP contribution < -0.4 is 0 Å². The van der Waals surface area contributed by atoms with Gasteiger partial charge in [0.05, 0.1) is 10.0 Å². The average molecular weight is 317 g/mol. The number of benzene rings is 1. The van der Waals surface area contributed by atoms with Crippen LogP contribution in [0.4, 0.5) is 17.6 Å². The molecule has 0 aliphatic heterocycles. The fourth-order valence-electron chi connectivity index (χ4n) is 1.11. The lowest BCUT2D eigenvalue weighted by atomic mass is 10.0. The van der Waals surface area contributed by atoms with E-state index < -0.39 is 39.7 Å². The molecule has 0 saturated carbocycles. The quantitative estimate of drug-likeness (QED) is 0.825. The normalized spacial score (nSPS) is 13.5. The van der Waals surface area contributed by atoms with E-state index in [2.05, 4.69) is 15.9 Å². The van der Waals surface area contributed by atoms with Crippen molar-refractivity contribution >= 4 is 21.9 Å². The highest BCUT2D eigenvalue weighted by Gasteiger charge is 2.34. The molecule has 0 fully saturated rings. The van der Waals surface area contributed by atoms with E-state index in [1.54, 1.807) is 0 Å². The molecular weight excluding hydrogens is 312 g/mol.